The number of hydrogen-bond donors (Lipinski definition) is 1. The van der Waals surface area contributed by atoms with Crippen LogP contribution in [-0.2, 0) is 16.0 Å². The second kappa shape index (κ2) is 7.27. The average Bonchev–Trinajstić information content (AvgIpc) is 3.10. The maximum atomic E-state index is 5.80. The number of para-hydroxylation sites is 1. The number of nitrogens with zero attached hydrogens (tertiary/aromatic N) is 4. The van der Waals surface area contributed by atoms with E-state index in [0.29, 0.717) is 25.4 Å². The molecule has 8 nitrogen and oxygen atoms in total. The lowest BCUT2D eigenvalue weighted by Crippen LogP contribution is -2.36. The summed E-state index contributed by atoms with van der Waals surface area (Å²) < 4.78 is 18.4. The first-order valence-electron chi connectivity index (χ1n) is 8.48. The highest BCUT2D eigenvalue weighted by Gasteiger charge is 2.31. The summed E-state index contributed by atoms with van der Waals surface area (Å²) >= 11 is 0. The number of hydrogen-bond acceptors (Lipinski definition) is 7. The van der Waals surface area contributed by atoms with Crippen LogP contribution in [0.5, 0.6) is 5.75 Å². The molecule has 0 bridgehead atoms. The number of fused-ring (bicyclic) bond motifs is 2. The highest BCUT2D eigenvalue weighted by molar-refractivity contribution is 5.86. The normalized spacial score (nSPS) is 19.2. The van der Waals surface area contributed by atoms with Crippen LogP contribution in [0.25, 0.3) is 11.0 Å². The molecule has 3 aromatic rings. The molecule has 1 aliphatic heterocycles. The quantitative estimate of drug-likeness (QED) is 0.724. The minimum absolute atomic E-state index is 0.0784. The van der Waals surface area contributed by atoms with Crippen molar-refractivity contribution in [2.75, 3.05) is 32.8 Å². The first kappa shape index (κ1) is 16.7. The summed E-state index contributed by atoms with van der Waals surface area (Å²) in [6.45, 7) is 1.73. The monoisotopic (exact) mass is 355 g/mol. The second-order valence-corrected chi connectivity index (χ2v) is 6.09. The highest BCUT2D eigenvalue weighted by Crippen LogP contribution is 2.36. The Labute approximate surface area is 151 Å². The molecule has 0 amide bonds. The van der Waals surface area contributed by atoms with Crippen LogP contribution in [0.4, 0.5) is 5.82 Å². The predicted octanol–water partition coefficient (Wildman–Crippen LogP) is 2.03. The van der Waals surface area contributed by atoms with Gasteiger partial charge >= 0.3 is 0 Å². The number of methoxy groups -OCH3 is 2. The lowest BCUT2D eigenvalue weighted by atomic mass is 9.98. The van der Waals surface area contributed by atoms with Gasteiger partial charge in [-0.15, -0.1) is 0 Å². The van der Waals surface area contributed by atoms with Crippen molar-refractivity contribution in [3.63, 3.8) is 0 Å². The van der Waals surface area contributed by atoms with Gasteiger partial charge in [0.05, 0.1) is 24.6 Å². The molecule has 26 heavy (non-hydrogen) atoms. The largest absolute Gasteiger partial charge is 0.490 e. The van der Waals surface area contributed by atoms with Crippen molar-refractivity contribution in [3.8, 4) is 5.75 Å². The third-order valence-electron chi connectivity index (χ3n) is 4.51. The smallest absolute Gasteiger partial charge is 0.186 e. The SMILES string of the molecule is COCCn1cc2c(NC3c4ccccc4OCC3OC)ncnc2n1. The molecule has 3 heterocycles. The van der Waals surface area contributed by atoms with Gasteiger partial charge in [-0.2, -0.15) is 5.10 Å². The van der Waals surface area contributed by atoms with Gasteiger partial charge in [0.25, 0.3) is 0 Å². The minimum atomic E-state index is -0.126. The zero-order chi connectivity index (χ0) is 17.9. The van der Waals surface area contributed by atoms with Gasteiger partial charge in [-0.1, -0.05) is 18.2 Å². The molecule has 2 aromatic heterocycles. The van der Waals surface area contributed by atoms with Crippen LogP contribution in [0.2, 0.25) is 0 Å². The number of anilines is 1. The van der Waals surface area contributed by atoms with Crippen molar-refractivity contribution in [2.24, 2.45) is 0 Å². The molecule has 2 unspecified atom stereocenters. The molecule has 0 aliphatic carbocycles. The van der Waals surface area contributed by atoms with E-state index in [1.807, 2.05) is 35.1 Å². The van der Waals surface area contributed by atoms with E-state index in [-0.39, 0.29) is 12.1 Å². The summed E-state index contributed by atoms with van der Waals surface area (Å²) in [5, 5.41) is 8.85. The minimum Gasteiger partial charge on any atom is -0.490 e. The lowest BCUT2D eigenvalue weighted by molar-refractivity contribution is 0.0310. The summed E-state index contributed by atoms with van der Waals surface area (Å²) in [4.78, 5) is 8.70. The van der Waals surface area contributed by atoms with E-state index in [0.717, 1.165) is 22.5 Å². The number of benzene rings is 1. The fraction of sp³-hybridized carbons (Fsp3) is 0.389. The molecule has 8 heteroatoms. The Kier molecular flexibility index (Phi) is 4.68. The number of rotatable bonds is 6. The van der Waals surface area contributed by atoms with E-state index >= 15 is 0 Å². The lowest BCUT2D eigenvalue weighted by Gasteiger charge is -2.33. The predicted molar refractivity (Wildman–Crippen MR) is 96.3 cm³/mol. The van der Waals surface area contributed by atoms with E-state index in [9.17, 15) is 0 Å². The molecule has 0 spiro atoms. The first-order valence-corrected chi connectivity index (χ1v) is 8.48. The molecular formula is C18H21N5O3. The van der Waals surface area contributed by atoms with Crippen molar-refractivity contribution in [2.45, 2.75) is 18.7 Å². The summed E-state index contributed by atoms with van der Waals surface area (Å²) in [6.07, 6.45) is 3.33. The fourth-order valence-electron chi connectivity index (χ4n) is 3.16. The summed E-state index contributed by atoms with van der Waals surface area (Å²) in [6, 6.07) is 7.89. The topological polar surface area (TPSA) is 83.3 Å². The van der Waals surface area contributed by atoms with Gasteiger partial charge in [0.2, 0.25) is 0 Å². The van der Waals surface area contributed by atoms with Crippen molar-refractivity contribution < 1.29 is 14.2 Å². The van der Waals surface area contributed by atoms with Crippen LogP contribution in [0.15, 0.2) is 36.8 Å². The van der Waals surface area contributed by atoms with Gasteiger partial charge < -0.3 is 19.5 Å². The zero-order valence-electron chi connectivity index (χ0n) is 14.8. The standard InChI is InChI=1S/C18H21N5O3/c1-24-8-7-23-9-13-17(19-11-20-18(13)22-23)21-16-12-5-3-4-6-14(12)26-10-15(16)25-2/h3-6,9,11,15-16H,7-8,10H2,1-2H3,(H,19,20,21,22). The van der Waals surface area contributed by atoms with Crippen molar-refractivity contribution in [3.05, 3.63) is 42.4 Å². The van der Waals surface area contributed by atoms with Crippen LogP contribution in [-0.4, -0.2) is 53.3 Å². The average molecular weight is 355 g/mol. The molecular weight excluding hydrogens is 334 g/mol. The van der Waals surface area contributed by atoms with E-state index in [4.69, 9.17) is 14.2 Å². The van der Waals surface area contributed by atoms with Gasteiger partial charge in [0.15, 0.2) is 5.65 Å². The van der Waals surface area contributed by atoms with Gasteiger partial charge in [-0.05, 0) is 6.07 Å². The van der Waals surface area contributed by atoms with E-state index in [1.165, 1.54) is 6.33 Å². The second-order valence-electron chi connectivity index (χ2n) is 6.09. The Morgan fingerprint density at radius 2 is 2.15 bits per heavy atom. The van der Waals surface area contributed by atoms with E-state index in [2.05, 4.69) is 20.4 Å². The number of nitrogens with one attached hydrogen (secondary N) is 1. The third kappa shape index (κ3) is 3.09. The number of ether oxygens (including phenoxy) is 3. The maximum absolute atomic E-state index is 5.80. The van der Waals surface area contributed by atoms with Crippen molar-refractivity contribution >= 4 is 16.9 Å². The summed E-state index contributed by atoms with van der Waals surface area (Å²) in [5.74, 6) is 1.59. The van der Waals surface area contributed by atoms with E-state index < -0.39 is 0 Å². The third-order valence-corrected chi connectivity index (χ3v) is 4.51. The number of aromatic nitrogens is 4. The van der Waals surface area contributed by atoms with E-state index in [1.54, 1.807) is 14.2 Å². The Morgan fingerprint density at radius 3 is 3.00 bits per heavy atom. The molecule has 0 saturated carbocycles. The van der Waals surface area contributed by atoms with Crippen LogP contribution in [0.3, 0.4) is 0 Å². The zero-order valence-corrected chi connectivity index (χ0v) is 14.8. The highest BCUT2D eigenvalue weighted by atomic mass is 16.5. The molecule has 0 radical (unpaired) electrons. The fourth-order valence-corrected chi connectivity index (χ4v) is 3.16. The molecule has 4 rings (SSSR count). The van der Waals surface area contributed by atoms with Gasteiger partial charge in [0, 0.05) is 26.0 Å². The van der Waals surface area contributed by atoms with Crippen molar-refractivity contribution in [1.29, 1.82) is 0 Å². The maximum Gasteiger partial charge on any atom is 0.186 e. The Bertz CT molecular complexity index is 897. The molecule has 1 aromatic carbocycles. The van der Waals surface area contributed by atoms with Crippen molar-refractivity contribution in [1.82, 2.24) is 19.7 Å². The van der Waals surface area contributed by atoms with Gasteiger partial charge in [-0.25, -0.2) is 9.97 Å². The van der Waals surface area contributed by atoms with Crippen LogP contribution >= 0.6 is 0 Å². The molecule has 0 saturated heterocycles. The first-order chi connectivity index (χ1) is 12.8. The van der Waals surface area contributed by atoms with Crippen LogP contribution in [0.1, 0.15) is 11.6 Å². The molecule has 1 aliphatic rings. The Hall–Kier alpha value is -2.71. The van der Waals surface area contributed by atoms with Gasteiger partial charge in [-0.3, -0.25) is 4.68 Å². The summed E-state index contributed by atoms with van der Waals surface area (Å²) in [7, 11) is 3.36. The summed E-state index contributed by atoms with van der Waals surface area (Å²) in [5.41, 5.74) is 1.69. The molecule has 1 N–H and O–H groups in total. The molecule has 136 valence electrons. The van der Waals surface area contributed by atoms with Crippen LogP contribution < -0.4 is 10.1 Å². The molecule has 2 atom stereocenters. The molecule has 0 fully saturated rings. The Morgan fingerprint density at radius 1 is 1.27 bits per heavy atom. The Balaban J connectivity index is 1.68. The van der Waals surface area contributed by atoms with Crippen LogP contribution in [0, 0.1) is 0 Å². The van der Waals surface area contributed by atoms with Gasteiger partial charge in [0.1, 0.15) is 30.6 Å².